The topological polar surface area (TPSA) is 29.3 Å². The summed E-state index contributed by atoms with van der Waals surface area (Å²) in [6.45, 7) is 6.33. The minimum Gasteiger partial charge on any atom is -0.371 e. The van der Waals surface area contributed by atoms with Crippen LogP contribution in [0.4, 0.5) is 5.69 Å². The average molecular weight is 253 g/mol. The van der Waals surface area contributed by atoms with Crippen molar-refractivity contribution in [1.29, 1.82) is 0 Å². The lowest BCUT2D eigenvalue weighted by atomic mass is 9.92. The van der Waals surface area contributed by atoms with E-state index in [0.717, 1.165) is 23.7 Å². The summed E-state index contributed by atoms with van der Waals surface area (Å²) in [5, 5.41) is 0.763. The molecule has 2 N–H and O–H groups in total. The van der Waals surface area contributed by atoms with Crippen molar-refractivity contribution in [3.05, 3.63) is 28.8 Å². The summed E-state index contributed by atoms with van der Waals surface area (Å²) < 4.78 is 0. The van der Waals surface area contributed by atoms with Gasteiger partial charge in [0.1, 0.15) is 0 Å². The zero-order valence-corrected chi connectivity index (χ0v) is 11.4. The summed E-state index contributed by atoms with van der Waals surface area (Å²) in [4.78, 5) is 2.43. The minimum atomic E-state index is -0.350. The Morgan fingerprint density at radius 1 is 1.18 bits per heavy atom. The predicted octanol–water partition coefficient (Wildman–Crippen LogP) is 3.52. The van der Waals surface area contributed by atoms with E-state index in [4.69, 9.17) is 17.3 Å². The van der Waals surface area contributed by atoms with Crippen molar-refractivity contribution in [2.75, 3.05) is 18.0 Å². The van der Waals surface area contributed by atoms with E-state index in [9.17, 15) is 0 Å². The van der Waals surface area contributed by atoms with E-state index < -0.39 is 0 Å². The number of nitrogens with zero attached hydrogens (tertiary/aromatic N) is 1. The van der Waals surface area contributed by atoms with Gasteiger partial charge in [-0.3, -0.25) is 0 Å². The Bertz CT molecular complexity index is 390. The lowest BCUT2D eigenvalue weighted by molar-refractivity contribution is 0.538. The zero-order chi connectivity index (χ0) is 12.5. The molecule has 2 nitrogen and oxygen atoms in total. The third-order valence-electron chi connectivity index (χ3n) is 3.35. The molecule has 2 rings (SSSR count). The molecule has 0 bridgehead atoms. The van der Waals surface area contributed by atoms with Crippen molar-refractivity contribution in [3.63, 3.8) is 0 Å². The first-order valence-electron chi connectivity index (χ1n) is 6.32. The summed E-state index contributed by atoms with van der Waals surface area (Å²) >= 11 is 6.09. The Kier molecular flexibility index (Phi) is 3.64. The van der Waals surface area contributed by atoms with Gasteiger partial charge in [-0.1, -0.05) is 11.6 Å². The molecule has 0 atom stereocenters. The normalized spacial score (nSPS) is 17.3. The van der Waals surface area contributed by atoms with Gasteiger partial charge in [-0.25, -0.2) is 0 Å². The molecular formula is C14H21ClN2. The molecule has 1 aliphatic rings. The molecule has 0 amide bonds. The van der Waals surface area contributed by atoms with E-state index in [1.54, 1.807) is 0 Å². The largest absolute Gasteiger partial charge is 0.371 e. The molecule has 1 aromatic rings. The van der Waals surface area contributed by atoms with Crippen LogP contribution in [0, 0.1) is 0 Å². The van der Waals surface area contributed by atoms with Crippen molar-refractivity contribution < 1.29 is 0 Å². The van der Waals surface area contributed by atoms with Crippen LogP contribution in [0.1, 0.15) is 38.7 Å². The minimum absolute atomic E-state index is 0.350. The smallest absolute Gasteiger partial charge is 0.0418 e. The van der Waals surface area contributed by atoms with Gasteiger partial charge in [0.25, 0.3) is 0 Å². The quantitative estimate of drug-likeness (QED) is 0.873. The third-order valence-corrected chi connectivity index (χ3v) is 3.58. The monoisotopic (exact) mass is 252 g/mol. The molecule has 17 heavy (non-hydrogen) atoms. The fourth-order valence-corrected chi connectivity index (χ4v) is 2.61. The fraction of sp³-hybridized carbons (Fsp3) is 0.571. The zero-order valence-electron chi connectivity index (χ0n) is 10.7. The van der Waals surface area contributed by atoms with Gasteiger partial charge in [-0.05, 0) is 56.9 Å². The number of piperidine rings is 1. The summed E-state index contributed by atoms with van der Waals surface area (Å²) in [5.74, 6) is 0. The highest BCUT2D eigenvalue weighted by Crippen LogP contribution is 2.32. The second kappa shape index (κ2) is 4.87. The predicted molar refractivity (Wildman–Crippen MR) is 74.7 cm³/mol. The van der Waals surface area contributed by atoms with E-state index in [1.165, 1.54) is 24.9 Å². The van der Waals surface area contributed by atoms with Crippen LogP contribution in [0.2, 0.25) is 5.02 Å². The molecule has 0 unspecified atom stereocenters. The van der Waals surface area contributed by atoms with Crippen LogP contribution in [-0.4, -0.2) is 13.1 Å². The van der Waals surface area contributed by atoms with Crippen molar-refractivity contribution in [2.24, 2.45) is 5.73 Å². The highest BCUT2D eigenvalue weighted by molar-refractivity contribution is 6.30. The van der Waals surface area contributed by atoms with E-state index in [-0.39, 0.29) is 5.54 Å². The van der Waals surface area contributed by atoms with Crippen LogP contribution in [0.25, 0.3) is 0 Å². The molecule has 0 saturated carbocycles. The Labute approximate surface area is 109 Å². The van der Waals surface area contributed by atoms with Crippen molar-refractivity contribution in [1.82, 2.24) is 0 Å². The third kappa shape index (κ3) is 2.93. The van der Waals surface area contributed by atoms with Crippen LogP contribution in [0.5, 0.6) is 0 Å². The van der Waals surface area contributed by atoms with Gasteiger partial charge < -0.3 is 10.6 Å². The van der Waals surface area contributed by atoms with Gasteiger partial charge in [0.2, 0.25) is 0 Å². The standard InChI is InChI=1S/C14H21ClN2/c1-14(2,16)12-10-11(15)6-7-13(12)17-8-4-3-5-9-17/h6-7,10H,3-5,8-9,16H2,1-2H3. The lowest BCUT2D eigenvalue weighted by Gasteiger charge is -2.34. The molecule has 0 radical (unpaired) electrons. The maximum absolute atomic E-state index is 6.25. The molecule has 3 heteroatoms. The summed E-state index contributed by atoms with van der Waals surface area (Å²) in [7, 11) is 0. The van der Waals surface area contributed by atoms with E-state index in [1.807, 2.05) is 26.0 Å². The fourth-order valence-electron chi connectivity index (χ4n) is 2.43. The van der Waals surface area contributed by atoms with Crippen LogP contribution < -0.4 is 10.6 Å². The molecular weight excluding hydrogens is 232 g/mol. The maximum atomic E-state index is 6.25. The first kappa shape index (κ1) is 12.7. The molecule has 0 aromatic heterocycles. The van der Waals surface area contributed by atoms with Gasteiger partial charge >= 0.3 is 0 Å². The molecule has 1 fully saturated rings. The second-order valence-electron chi connectivity index (χ2n) is 5.43. The summed E-state index contributed by atoms with van der Waals surface area (Å²) in [6, 6.07) is 6.07. The Morgan fingerprint density at radius 2 is 1.82 bits per heavy atom. The second-order valence-corrected chi connectivity index (χ2v) is 5.87. The number of halogens is 1. The first-order valence-corrected chi connectivity index (χ1v) is 6.70. The van der Waals surface area contributed by atoms with Gasteiger partial charge in [-0.2, -0.15) is 0 Å². The first-order chi connectivity index (χ1) is 7.98. The summed E-state index contributed by atoms with van der Waals surface area (Å²) in [5.41, 5.74) is 8.30. The highest BCUT2D eigenvalue weighted by Gasteiger charge is 2.22. The van der Waals surface area contributed by atoms with Crippen LogP contribution in [-0.2, 0) is 5.54 Å². The van der Waals surface area contributed by atoms with Gasteiger partial charge in [0.05, 0.1) is 0 Å². The average Bonchev–Trinajstić information content (AvgIpc) is 2.29. The molecule has 1 saturated heterocycles. The van der Waals surface area contributed by atoms with E-state index in [0.29, 0.717) is 0 Å². The Balaban J connectivity index is 2.38. The number of hydrogen-bond donors (Lipinski definition) is 1. The van der Waals surface area contributed by atoms with Gasteiger partial charge in [0.15, 0.2) is 0 Å². The Morgan fingerprint density at radius 3 is 2.41 bits per heavy atom. The number of rotatable bonds is 2. The number of hydrogen-bond acceptors (Lipinski definition) is 2. The molecule has 1 aromatic carbocycles. The van der Waals surface area contributed by atoms with Crippen LogP contribution in [0.15, 0.2) is 18.2 Å². The molecule has 94 valence electrons. The highest BCUT2D eigenvalue weighted by atomic mass is 35.5. The number of anilines is 1. The van der Waals surface area contributed by atoms with Gasteiger partial charge in [-0.15, -0.1) is 0 Å². The Hall–Kier alpha value is -0.730. The summed E-state index contributed by atoms with van der Waals surface area (Å²) in [6.07, 6.45) is 3.88. The van der Waals surface area contributed by atoms with Crippen molar-refractivity contribution in [2.45, 2.75) is 38.6 Å². The van der Waals surface area contributed by atoms with Gasteiger partial charge in [0, 0.05) is 29.3 Å². The van der Waals surface area contributed by atoms with Crippen LogP contribution in [0.3, 0.4) is 0 Å². The maximum Gasteiger partial charge on any atom is 0.0418 e. The van der Waals surface area contributed by atoms with Crippen molar-refractivity contribution in [3.8, 4) is 0 Å². The van der Waals surface area contributed by atoms with E-state index >= 15 is 0 Å². The van der Waals surface area contributed by atoms with E-state index in [2.05, 4.69) is 11.0 Å². The molecule has 1 aliphatic heterocycles. The number of nitrogens with two attached hydrogens (primary N) is 1. The molecule has 1 heterocycles. The lowest BCUT2D eigenvalue weighted by Crippen LogP contribution is -2.35. The number of benzene rings is 1. The van der Waals surface area contributed by atoms with Crippen molar-refractivity contribution >= 4 is 17.3 Å². The SMILES string of the molecule is CC(C)(N)c1cc(Cl)ccc1N1CCCCC1. The molecule has 0 spiro atoms. The molecule has 0 aliphatic carbocycles. The van der Waals surface area contributed by atoms with Crippen LogP contribution >= 0.6 is 11.6 Å².